The van der Waals surface area contributed by atoms with Gasteiger partial charge in [0.15, 0.2) is 11.5 Å². The van der Waals surface area contributed by atoms with Gasteiger partial charge in [-0.2, -0.15) is 0 Å². The molecule has 154 valence electrons. The number of likely N-dealkylation sites (tertiary alicyclic amines) is 1. The molecule has 0 saturated carbocycles. The van der Waals surface area contributed by atoms with Crippen LogP contribution in [0.25, 0.3) is 11.0 Å². The van der Waals surface area contributed by atoms with Crippen LogP contribution in [0.15, 0.2) is 57.7 Å². The van der Waals surface area contributed by atoms with Crippen molar-refractivity contribution in [1.29, 1.82) is 0 Å². The highest BCUT2D eigenvalue weighted by Crippen LogP contribution is 2.33. The fraction of sp³-hybridized carbons (Fsp3) is 0.304. The number of rotatable bonds is 3. The van der Waals surface area contributed by atoms with Crippen LogP contribution in [-0.4, -0.2) is 43.2 Å². The van der Waals surface area contributed by atoms with Crippen LogP contribution in [0.1, 0.15) is 23.2 Å². The van der Waals surface area contributed by atoms with E-state index in [0.29, 0.717) is 31.9 Å². The van der Waals surface area contributed by atoms with Crippen LogP contribution in [0, 0.1) is 0 Å². The van der Waals surface area contributed by atoms with E-state index in [1.54, 1.807) is 23.1 Å². The Labute approximate surface area is 173 Å². The van der Waals surface area contributed by atoms with Crippen LogP contribution in [0.4, 0.5) is 5.69 Å². The van der Waals surface area contributed by atoms with Crippen LogP contribution >= 0.6 is 0 Å². The largest absolute Gasteiger partial charge is 0.486 e. The summed E-state index contributed by atoms with van der Waals surface area (Å²) in [6.45, 7) is 2.22. The van der Waals surface area contributed by atoms with E-state index in [9.17, 15) is 9.59 Å². The van der Waals surface area contributed by atoms with Crippen molar-refractivity contribution in [2.75, 3.05) is 31.6 Å². The van der Waals surface area contributed by atoms with Gasteiger partial charge in [-0.1, -0.05) is 18.2 Å². The molecule has 3 heterocycles. The van der Waals surface area contributed by atoms with Gasteiger partial charge in [0.25, 0.3) is 5.91 Å². The first-order chi connectivity index (χ1) is 14.7. The number of amides is 1. The van der Waals surface area contributed by atoms with Gasteiger partial charge in [0.05, 0.1) is 0 Å². The van der Waals surface area contributed by atoms with Crippen molar-refractivity contribution in [3.8, 4) is 11.5 Å². The topological polar surface area (TPSA) is 81.0 Å². The lowest BCUT2D eigenvalue weighted by Gasteiger charge is -2.33. The summed E-state index contributed by atoms with van der Waals surface area (Å²) in [5, 5.41) is 4.22. The fourth-order valence-corrected chi connectivity index (χ4v) is 4.03. The fourth-order valence-electron chi connectivity index (χ4n) is 4.03. The first-order valence-corrected chi connectivity index (χ1v) is 10.2. The first kappa shape index (κ1) is 18.5. The van der Waals surface area contributed by atoms with Crippen molar-refractivity contribution < 1.29 is 18.7 Å². The summed E-state index contributed by atoms with van der Waals surface area (Å²) >= 11 is 0. The summed E-state index contributed by atoms with van der Waals surface area (Å²) in [6.07, 6.45) is 1.79. The third-order valence-electron chi connectivity index (χ3n) is 5.49. The predicted molar refractivity (Wildman–Crippen MR) is 112 cm³/mol. The molecule has 2 aromatic carbocycles. The van der Waals surface area contributed by atoms with Gasteiger partial charge in [-0.25, -0.2) is 4.79 Å². The van der Waals surface area contributed by atoms with Gasteiger partial charge in [0, 0.05) is 36.3 Å². The molecule has 3 aromatic rings. The van der Waals surface area contributed by atoms with Crippen molar-refractivity contribution in [3.63, 3.8) is 0 Å². The number of ether oxygens (including phenoxy) is 2. The standard InChI is InChI=1S/C23H22N2O5/c26-22(18-12-15-4-1-2-6-19(15)30-23(18)27)25-9-3-5-17(14-25)24-16-7-8-20-21(13-16)29-11-10-28-20/h1-2,4,6-8,12-13,17,24H,3,5,9-11,14H2/t17-/m1/s1. The molecule has 0 unspecified atom stereocenters. The van der Waals surface area contributed by atoms with Crippen molar-refractivity contribution in [2.45, 2.75) is 18.9 Å². The Morgan fingerprint density at radius 1 is 1.03 bits per heavy atom. The maximum atomic E-state index is 13.1. The molecule has 1 atom stereocenters. The SMILES string of the molecule is O=C(c1cc2ccccc2oc1=O)N1CCC[C@@H](Nc2ccc3c(c2)OCCO3)C1. The molecule has 1 amide bonds. The Kier molecular flexibility index (Phi) is 4.78. The van der Waals surface area contributed by atoms with E-state index >= 15 is 0 Å². The normalized spacial score (nSPS) is 18.3. The predicted octanol–water partition coefficient (Wildman–Crippen LogP) is 3.28. The number of nitrogens with zero attached hydrogens (tertiary/aromatic N) is 1. The number of benzene rings is 2. The number of piperidine rings is 1. The second-order valence-electron chi connectivity index (χ2n) is 7.58. The number of hydrogen-bond donors (Lipinski definition) is 1. The lowest BCUT2D eigenvalue weighted by molar-refractivity contribution is 0.0710. The molecule has 30 heavy (non-hydrogen) atoms. The van der Waals surface area contributed by atoms with Crippen LogP contribution in [0.3, 0.4) is 0 Å². The average Bonchev–Trinajstić information content (AvgIpc) is 2.78. The lowest BCUT2D eigenvalue weighted by Crippen LogP contribution is -2.46. The average molecular weight is 406 g/mol. The van der Waals surface area contributed by atoms with Gasteiger partial charge in [0.2, 0.25) is 0 Å². The molecule has 1 saturated heterocycles. The van der Waals surface area contributed by atoms with Gasteiger partial charge in [0.1, 0.15) is 24.4 Å². The molecule has 1 N–H and O–H groups in total. The van der Waals surface area contributed by atoms with Crippen molar-refractivity contribution in [3.05, 3.63) is 64.5 Å². The molecular weight excluding hydrogens is 384 g/mol. The highest BCUT2D eigenvalue weighted by atomic mass is 16.6. The van der Waals surface area contributed by atoms with E-state index < -0.39 is 5.63 Å². The Bertz CT molecular complexity index is 1160. The molecule has 7 heteroatoms. The Morgan fingerprint density at radius 3 is 2.77 bits per heavy atom. The zero-order valence-corrected chi connectivity index (χ0v) is 16.4. The van der Waals surface area contributed by atoms with Crippen LogP contribution in [0.2, 0.25) is 0 Å². The summed E-state index contributed by atoms with van der Waals surface area (Å²) in [5.74, 6) is 1.18. The molecule has 2 aliphatic rings. The highest BCUT2D eigenvalue weighted by molar-refractivity contribution is 5.96. The smallest absolute Gasteiger partial charge is 0.349 e. The van der Waals surface area contributed by atoms with Gasteiger partial charge in [-0.05, 0) is 37.1 Å². The van der Waals surface area contributed by atoms with Crippen LogP contribution in [0.5, 0.6) is 11.5 Å². The Balaban J connectivity index is 1.32. The number of para-hydroxylation sites is 1. The van der Waals surface area contributed by atoms with E-state index in [1.807, 2.05) is 30.3 Å². The lowest BCUT2D eigenvalue weighted by atomic mass is 10.0. The zero-order chi connectivity index (χ0) is 20.5. The number of anilines is 1. The number of carbonyl (C=O) groups excluding carboxylic acids is 1. The van der Waals surface area contributed by atoms with E-state index in [2.05, 4.69) is 5.32 Å². The van der Waals surface area contributed by atoms with Crippen molar-refractivity contribution in [1.82, 2.24) is 4.90 Å². The van der Waals surface area contributed by atoms with Gasteiger partial charge in [-0.15, -0.1) is 0 Å². The highest BCUT2D eigenvalue weighted by Gasteiger charge is 2.27. The van der Waals surface area contributed by atoms with Crippen molar-refractivity contribution in [2.24, 2.45) is 0 Å². The van der Waals surface area contributed by atoms with Crippen molar-refractivity contribution >= 4 is 22.6 Å². The second-order valence-corrected chi connectivity index (χ2v) is 7.58. The molecule has 7 nitrogen and oxygen atoms in total. The van der Waals surface area contributed by atoms with E-state index in [1.165, 1.54) is 0 Å². The molecule has 0 aliphatic carbocycles. The molecule has 0 radical (unpaired) electrons. The minimum Gasteiger partial charge on any atom is -0.486 e. The Morgan fingerprint density at radius 2 is 1.87 bits per heavy atom. The molecule has 0 bridgehead atoms. The third kappa shape index (κ3) is 3.58. The van der Waals surface area contributed by atoms with E-state index in [0.717, 1.165) is 35.4 Å². The minimum atomic E-state index is -0.597. The molecule has 1 aromatic heterocycles. The maximum absolute atomic E-state index is 13.1. The zero-order valence-electron chi connectivity index (χ0n) is 16.4. The molecule has 2 aliphatic heterocycles. The quantitative estimate of drug-likeness (QED) is 0.673. The van der Waals surface area contributed by atoms with Crippen LogP contribution < -0.4 is 20.4 Å². The number of fused-ring (bicyclic) bond motifs is 2. The van der Waals surface area contributed by atoms with E-state index in [4.69, 9.17) is 13.9 Å². The second kappa shape index (κ2) is 7.74. The summed E-state index contributed by atoms with van der Waals surface area (Å²) in [6, 6.07) is 14.7. The van der Waals surface area contributed by atoms with Gasteiger partial charge in [-0.3, -0.25) is 4.79 Å². The molecule has 5 rings (SSSR count). The molecular formula is C23H22N2O5. The summed E-state index contributed by atoms with van der Waals surface area (Å²) < 4.78 is 16.5. The van der Waals surface area contributed by atoms with Gasteiger partial charge >= 0.3 is 5.63 Å². The van der Waals surface area contributed by atoms with E-state index in [-0.39, 0.29) is 17.5 Å². The monoisotopic (exact) mass is 406 g/mol. The number of carbonyl (C=O) groups is 1. The molecule has 1 fully saturated rings. The van der Waals surface area contributed by atoms with Gasteiger partial charge < -0.3 is 24.1 Å². The maximum Gasteiger partial charge on any atom is 0.349 e. The Hall–Kier alpha value is -3.48. The van der Waals surface area contributed by atoms with Crippen LogP contribution in [-0.2, 0) is 0 Å². The minimum absolute atomic E-state index is 0.0775. The summed E-state index contributed by atoms with van der Waals surface area (Å²) in [4.78, 5) is 27.1. The number of hydrogen-bond acceptors (Lipinski definition) is 6. The summed E-state index contributed by atoms with van der Waals surface area (Å²) in [7, 11) is 0. The number of nitrogens with one attached hydrogen (secondary N) is 1. The summed E-state index contributed by atoms with van der Waals surface area (Å²) in [5.41, 5.74) is 0.883. The first-order valence-electron chi connectivity index (χ1n) is 10.2. The third-order valence-corrected chi connectivity index (χ3v) is 5.49. The molecule has 0 spiro atoms.